The Morgan fingerprint density at radius 2 is 2.18 bits per heavy atom. The third kappa shape index (κ3) is 3.20. The maximum absolute atomic E-state index is 13.2. The van der Waals surface area contributed by atoms with Crippen molar-refractivity contribution in [3.05, 3.63) is 52.4 Å². The minimum atomic E-state index is -0.372. The quantitative estimate of drug-likeness (QED) is 0.691. The van der Waals surface area contributed by atoms with Crippen LogP contribution >= 0.6 is 27.7 Å². The lowest BCUT2D eigenvalue weighted by atomic mass is 10.2. The Morgan fingerprint density at radius 3 is 2.88 bits per heavy atom. The number of pyridine rings is 1. The van der Waals surface area contributed by atoms with E-state index in [-0.39, 0.29) is 11.5 Å². The van der Waals surface area contributed by atoms with E-state index in [9.17, 15) is 4.39 Å². The average molecular weight is 313 g/mol. The number of nitrogen functional groups attached to an aromatic ring is 1. The number of rotatable bonds is 3. The standard InChI is InChI=1S/C12H10BrFN2S/c13-9-2-1-5-16-12(9)17-7-8-3-4-11(15)10(14)6-8/h1-6H,7,15H2. The first-order chi connectivity index (χ1) is 8.16. The van der Waals surface area contributed by atoms with Crippen LogP contribution in [-0.4, -0.2) is 4.98 Å². The van der Waals surface area contributed by atoms with Crippen LogP contribution < -0.4 is 5.73 Å². The van der Waals surface area contributed by atoms with E-state index in [0.717, 1.165) is 15.1 Å². The van der Waals surface area contributed by atoms with Crippen LogP contribution in [0.15, 0.2) is 46.0 Å². The van der Waals surface area contributed by atoms with E-state index < -0.39 is 0 Å². The minimum Gasteiger partial charge on any atom is -0.396 e. The average Bonchev–Trinajstić information content (AvgIpc) is 2.32. The SMILES string of the molecule is Nc1ccc(CSc2ncccc2Br)cc1F. The fourth-order valence-electron chi connectivity index (χ4n) is 1.29. The van der Waals surface area contributed by atoms with Gasteiger partial charge in [-0.3, -0.25) is 0 Å². The van der Waals surface area contributed by atoms with Gasteiger partial charge in [0.1, 0.15) is 10.8 Å². The number of anilines is 1. The van der Waals surface area contributed by atoms with E-state index in [2.05, 4.69) is 20.9 Å². The number of nitrogens with zero attached hydrogens (tertiary/aromatic N) is 1. The van der Waals surface area contributed by atoms with Gasteiger partial charge in [-0.2, -0.15) is 0 Å². The summed E-state index contributed by atoms with van der Waals surface area (Å²) in [6.07, 6.45) is 1.73. The van der Waals surface area contributed by atoms with Crippen molar-refractivity contribution in [1.29, 1.82) is 0 Å². The van der Waals surface area contributed by atoms with Gasteiger partial charge in [-0.15, -0.1) is 11.8 Å². The molecule has 0 unspecified atom stereocenters. The van der Waals surface area contributed by atoms with E-state index in [1.165, 1.54) is 6.07 Å². The molecule has 1 aromatic carbocycles. The molecule has 0 aliphatic carbocycles. The van der Waals surface area contributed by atoms with Crippen molar-refractivity contribution in [3.8, 4) is 0 Å². The molecule has 5 heteroatoms. The molecule has 1 heterocycles. The molecule has 2 rings (SSSR count). The van der Waals surface area contributed by atoms with Crippen LogP contribution in [0.1, 0.15) is 5.56 Å². The monoisotopic (exact) mass is 312 g/mol. The van der Waals surface area contributed by atoms with E-state index in [1.54, 1.807) is 24.0 Å². The maximum atomic E-state index is 13.2. The molecule has 0 saturated carbocycles. The van der Waals surface area contributed by atoms with Crippen molar-refractivity contribution in [1.82, 2.24) is 4.98 Å². The Kier molecular flexibility index (Phi) is 4.02. The van der Waals surface area contributed by atoms with Crippen molar-refractivity contribution in [3.63, 3.8) is 0 Å². The number of hydrogen-bond donors (Lipinski definition) is 1. The van der Waals surface area contributed by atoms with Gasteiger partial charge in [0.2, 0.25) is 0 Å². The maximum Gasteiger partial charge on any atom is 0.146 e. The van der Waals surface area contributed by atoms with Gasteiger partial charge in [-0.05, 0) is 45.8 Å². The van der Waals surface area contributed by atoms with Crippen molar-refractivity contribution in [2.75, 3.05) is 5.73 Å². The first-order valence-electron chi connectivity index (χ1n) is 4.94. The second-order valence-electron chi connectivity index (χ2n) is 3.43. The molecular weight excluding hydrogens is 303 g/mol. The summed E-state index contributed by atoms with van der Waals surface area (Å²) in [5.74, 6) is 0.287. The molecule has 0 bridgehead atoms. The molecule has 2 aromatic rings. The minimum absolute atomic E-state index is 0.178. The zero-order valence-corrected chi connectivity index (χ0v) is 11.3. The van der Waals surface area contributed by atoms with Gasteiger partial charge >= 0.3 is 0 Å². The van der Waals surface area contributed by atoms with Gasteiger partial charge in [0.15, 0.2) is 0 Å². The van der Waals surface area contributed by atoms with Crippen LogP contribution in [0.2, 0.25) is 0 Å². The molecule has 0 radical (unpaired) electrons. The van der Waals surface area contributed by atoms with E-state index in [0.29, 0.717) is 5.75 Å². The molecule has 0 aliphatic heterocycles. The number of aromatic nitrogens is 1. The molecule has 2 N–H and O–H groups in total. The largest absolute Gasteiger partial charge is 0.396 e. The molecule has 0 fully saturated rings. The molecule has 0 spiro atoms. The molecule has 17 heavy (non-hydrogen) atoms. The molecule has 0 saturated heterocycles. The molecule has 0 amide bonds. The third-order valence-corrected chi connectivity index (χ3v) is 4.14. The van der Waals surface area contributed by atoms with Gasteiger partial charge in [-0.1, -0.05) is 6.07 Å². The number of benzene rings is 1. The highest BCUT2D eigenvalue weighted by atomic mass is 79.9. The topological polar surface area (TPSA) is 38.9 Å². The van der Waals surface area contributed by atoms with Crippen LogP contribution in [0.4, 0.5) is 10.1 Å². The van der Waals surface area contributed by atoms with Gasteiger partial charge in [0.25, 0.3) is 0 Å². The van der Waals surface area contributed by atoms with Gasteiger partial charge in [0.05, 0.1) is 5.69 Å². The summed E-state index contributed by atoms with van der Waals surface area (Å²) in [5, 5.41) is 0.893. The molecular formula is C12H10BrFN2S. The van der Waals surface area contributed by atoms with Crippen molar-refractivity contribution in [2.24, 2.45) is 0 Å². The number of nitrogens with two attached hydrogens (primary N) is 1. The highest BCUT2D eigenvalue weighted by Crippen LogP contribution is 2.28. The van der Waals surface area contributed by atoms with Gasteiger partial charge in [-0.25, -0.2) is 9.37 Å². The van der Waals surface area contributed by atoms with E-state index in [4.69, 9.17) is 5.73 Å². The lowest BCUT2D eigenvalue weighted by Crippen LogP contribution is -1.92. The fourth-order valence-corrected chi connectivity index (χ4v) is 2.71. The smallest absolute Gasteiger partial charge is 0.146 e. The van der Waals surface area contributed by atoms with E-state index in [1.807, 2.05) is 18.2 Å². The normalized spacial score (nSPS) is 10.5. The van der Waals surface area contributed by atoms with Crippen molar-refractivity contribution in [2.45, 2.75) is 10.8 Å². The molecule has 0 aliphatic rings. The van der Waals surface area contributed by atoms with Crippen LogP contribution in [0.3, 0.4) is 0 Å². The predicted octanol–water partition coefficient (Wildman–Crippen LogP) is 3.86. The summed E-state index contributed by atoms with van der Waals surface area (Å²) in [6, 6.07) is 8.65. The zero-order valence-electron chi connectivity index (χ0n) is 8.86. The summed E-state index contributed by atoms with van der Waals surface area (Å²) in [7, 11) is 0. The molecule has 2 nitrogen and oxygen atoms in total. The van der Waals surface area contributed by atoms with Gasteiger partial charge < -0.3 is 5.73 Å². The Hall–Kier alpha value is -1.07. The zero-order chi connectivity index (χ0) is 12.3. The molecule has 1 aromatic heterocycles. The molecule has 88 valence electrons. The van der Waals surface area contributed by atoms with E-state index >= 15 is 0 Å². The summed E-state index contributed by atoms with van der Waals surface area (Å²) in [6.45, 7) is 0. The number of halogens is 2. The van der Waals surface area contributed by atoms with Crippen LogP contribution in [0.5, 0.6) is 0 Å². The lowest BCUT2D eigenvalue weighted by Gasteiger charge is -2.04. The Bertz CT molecular complexity index is 534. The highest BCUT2D eigenvalue weighted by Gasteiger charge is 2.04. The fraction of sp³-hybridized carbons (Fsp3) is 0.0833. The Labute approximate surface area is 112 Å². The van der Waals surface area contributed by atoms with Crippen LogP contribution in [0, 0.1) is 5.82 Å². The Balaban J connectivity index is 2.08. The lowest BCUT2D eigenvalue weighted by molar-refractivity contribution is 0.631. The summed E-state index contributed by atoms with van der Waals surface area (Å²) in [4.78, 5) is 4.23. The van der Waals surface area contributed by atoms with Crippen LogP contribution in [0.25, 0.3) is 0 Å². The number of hydrogen-bond acceptors (Lipinski definition) is 3. The Morgan fingerprint density at radius 1 is 1.35 bits per heavy atom. The van der Waals surface area contributed by atoms with Gasteiger partial charge in [0, 0.05) is 16.4 Å². The first kappa shape index (κ1) is 12.4. The highest BCUT2D eigenvalue weighted by molar-refractivity contribution is 9.10. The number of thioether (sulfide) groups is 1. The van der Waals surface area contributed by atoms with Crippen LogP contribution in [-0.2, 0) is 5.75 Å². The summed E-state index contributed by atoms with van der Waals surface area (Å²) < 4.78 is 14.2. The summed E-state index contributed by atoms with van der Waals surface area (Å²) >= 11 is 4.97. The predicted molar refractivity (Wildman–Crippen MR) is 72.3 cm³/mol. The second-order valence-corrected chi connectivity index (χ2v) is 5.25. The third-order valence-electron chi connectivity index (χ3n) is 2.17. The van der Waals surface area contributed by atoms with Crippen molar-refractivity contribution < 1.29 is 4.39 Å². The van der Waals surface area contributed by atoms with Crippen molar-refractivity contribution >= 4 is 33.4 Å². The molecule has 0 atom stereocenters. The second kappa shape index (κ2) is 5.51. The first-order valence-corrected chi connectivity index (χ1v) is 6.72. The summed E-state index contributed by atoms with van der Waals surface area (Å²) in [5.41, 5.74) is 6.49.